The Bertz CT molecular complexity index is 513. The molecule has 2 rings (SSSR count). The monoisotopic (exact) mass is 306 g/mol. The largest absolute Gasteiger partial charge is 0.481 e. The third kappa shape index (κ3) is 5.05. The van der Waals surface area contributed by atoms with Crippen LogP contribution in [0.3, 0.4) is 0 Å². The first-order valence-electron chi connectivity index (χ1n) is 7.18. The van der Waals surface area contributed by atoms with Crippen LogP contribution in [0, 0.1) is 0 Å². The van der Waals surface area contributed by atoms with Gasteiger partial charge in [-0.15, -0.1) is 0 Å². The van der Waals surface area contributed by atoms with Crippen LogP contribution >= 0.6 is 0 Å². The number of hydrogen-bond donors (Lipinski definition) is 4. The number of carboxylic acids is 1. The predicted octanol–water partition coefficient (Wildman–Crippen LogP) is 0.528. The number of carboxylic acid groups (broad SMARTS) is 1. The number of aliphatic carboxylic acids is 1. The van der Waals surface area contributed by atoms with Gasteiger partial charge in [0.1, 0.15) is 0 Å². The maximum absolute atomic E-state index is 11.8. The average Bonchev–Trinajstić information content (AvgIpc) is 2.48. The fourth-order valence-electron chi connectivity index (χ4n) is 2.35. The lowest BCUT2D eigenvalue weighted by atomic mass is 9.72. The Morgan fingerprint density at radius 2 is 2.00 bits per heavy atom. The Hall–Kier alpha value is -2.06. The van der Waals surface area contributed by atoms with Crippen molar-refractivity contribution in [1.82, 2.24) is 10.6 Å². The molecule has 118 valence electrons. The van der Waals surface area contributed by atoms with E-state index in [1.54, 1.807) is 0 Å². The van der Waals surface area contributed by atoms with E-state index in [0.29, 0.717) is 19.4 Å². The molecule has 0 radical (unpaired) electrons. The van der Waals surface area contributed by atoms with Gasteiger partial charge >= 0.3 is 19.1 Å². The van der Waals surface area contributed by atoms with Crippen molar-refractivity contribution in [3.63, 3.8) is 0 Å². The summed E-state index contributed by atoms with van der Waals surface area (Å²) in [5, 5.41) is 23.9. The second-order valence-corrected chi connectivity index (χ2v) is 5.24. The second-order valence-electron chi connectivity index (χ2n) is 5.24. The first-order valence-corrected chi connectivity index (χ1v) is 7.18. The Balaban J connectivity index is 1.74. The minimum Gasteiger partial charge on any atom is -0.481 e. The van der Waals surface area contributed by atoms with E-state index in [1.165, 1.54) is 0 Å². The number of urea groups is 1. The molecule has 0 saturated carbocycles. The standard InChI is InChI=1S/C14H19BN2O5/c18-13(19)8-11-6-7-12(15(21)22-11)17-14(20)16-9-10-4-2-1-3-5-10/h1-5,11-12,21H,6-9H2,(H,18,19)(H2,16,17,20). The number of carbonyl (C=O) groups is 2. The molecule has 1 fully saturated rings. The lowest BCUT2D eigenvalue weighted by Gasteiger charge is -2.30. The molecule has 2 atom stereocenters. The molecule has 0 bridgehead atoms. The molecule has 1 saturated heterocycles. The molecule has 0 spiro atoms. The zero-order chi connectivity index (χ0) is 15.9. The fraction of sp³-hybridized carbons (Fsp3) is 0.429. The highest BCUT2D eigenvalue weighted by Gasteiger charge is 2.36. The molecule has 1 aliphatic rings. The van der Waals surface area contributed by atoms with Crippen molar-refractivity contribution in [1.29, 1.82) is 0 Å². The first-order chi connectivity index (χ1) is 10.5. The van der Waals surface area contributed by atoms with Crippen LogP contribution in [-0.2, 0) is 16.0 Å². The van der Waals surface area contributed by atoms with Crippen LogP contribution < -0.4 is 10.6 Å². The Morgan fingerprint density at radius 1 is 1.27 bits per heavy atom. The van der Waals surface area contributed by atoms with Gasteiger partial charge in [0.05, 0.1) is 18.5 Å². The van der Waals surface area contributed by atoms with Gasteiger partial charge in [-0.1, -0.05) is 30.3 Å². The van der Waals surface area contributed by atoms with Crippen molar-refractivity contribution in [2.45, 2.75) is 37.9 Å². The van der Waals surface area contributed by atoms with E-state index >= 15 is 0 Å². The molecule has 1 aliphatic heterocycles. The average molecular weight is 306 g/mol. The SMILES string of the molecule is O=C(O)CC1CCC(NC(=O)NCc2ccccc2)B(O)O1. The quantitative estimate of drug-likeness (QED) is 0.593. The van der Waals surface area contributed by atoms with Crippen LogP contribution in [0.15, 0.2) is 30.3 Å². The molecule has 4 N–H and O–H groups in total. The van der Waals surface area contributed by atoms with E-state index in [0.717, 1.165) is 5.56 Å². The topological polar surface area (TPSA) is 108 Å². The van der Waals surface area contributed by atoms with Crippen molar-refractivity contribution < 1.29 is 24.4 Å². The lowest BCUT2D eigenvalue weighted by molar-refractivity contribution is -0.139. The van der Waals surface area contributed by atoms with Crippen LogP contribution in [0.5, 0.6) is 0 Å². The van der Waals surface area contributed by atoms with E-state index in [4.69, 9.17) is 9.76 Å². The van der Waals surface area contributed by atoms with Gasteiger partial charge in [-0.3, -0.25) is 4.79 Å². The number of rotatable bonds is 5. The molecule has 1 heterocycles. The summed E-state index contributed by atoms with van der Waals surface area (Å²) in [5.41, 5.74) is 0.972. The highest BCUT2D eigenvalue weighted by Crippen LogP contribution is 2.18. The minimum atomic E-state index is -1.19. The summed E-state index contributed by atoms with van der Waals surface area (Å²) in [5.74, 6) is -1.51. The van der Waals surface area contributed by atoms with Gasteiger partial charge in [-0.25, -0.2) is 4.79 Å². The minimum absolute atomic E-state index is 0.149. The molecule has 22 heavy (non-hydrogen) atoms. The molecule has 8 heteroatoms. The van der Waals surface area contributed by atoms with Crippen molar-refractivity contribution >= 4 is 19.1 Å². The molecule has 1 aromatic rings. The molecule has 0 aliphatic carbocycles. The van der Waals surface area contributed by atoms with Crippen molar-refractivity contribution in [2.24, 2.45) is 0 Å². The third-order valence-electron chi connectivity index (χ3n) is 3.49. The van der Waals surface area contributed by atoms with Gasteiger partial charge in [0.2, 0.25) is 0 Å². The Kier molecular flexibility index (Phi) is 5.79. The molecule has 2 unspecified atom stereocenters. The zero-order valence-corrected chi connectivity index (χ0v) is 12.1. The normalized spacial score (nSPS) is 21.2. The van der Waals surface area contributed by atoms with Gasteiger partial charge in [0.15, 0.2) is 0 Å². The van der Waals surface area contributed by atoms with Crippen LogP contribution in [0.4, 0.5) is 4.79 Å². The van der Waals surface area contributed by atoms with Crippen LogP contribution in [0.25, 0.3) is 0 Å². The second kappa shape index (κ2) is 7.81. The molecule has 0 aromatic heterocycles. The number of benzene rings is 1. The predicted molar refractivity (Wildman–Crippen MR) is 79.9 cm³/mol. The number of amides is 2. The molecule has 7 nitrogen and oxygen atoms in total. The van der Waals surface area contributed by atoms with Gasteiger partial charge in [-0.2, -0.15) is 0 Å². The van der Waals surface area contributed by atoms with E-state index in [-0.39, 0.29) is 6.42 Å². The summed E-state index contributed by atoms with van der Waals surface area (Å²) in [4.78, 5) is 22.4. The summed E-state index contributed by atoms with van der Waals surface area (Å²) < 4.78 is 5.21. The smallest absolute Gasteiger partial charge is 0.478 e. The molecule has 2 amide bonds. The number of nitrogens with one attached hydrogen (secondary N) is 2. The lowest BCUT2D eigenvalue weighted by Crippen LogP contribution is -2.54. The van der Waals surface area contributed by atoms with E-state index in [1.807, 2.05) is 30.3 Å². The third-order valence-corrected chi connectivity index (χ3v) is 3.49. The molecular weight excluding hydrogens is 287 g/mol. The van der Waals surface area contributed by atoms with Crippen molar-refractivity contribution in [2.75, 3.05) is 0 Å². The molecular formula is C14H19BN2O5. The number of carbonyl (C=O) groups excluding carboxylic acids is 1. The van der Waals surface area contributed by atoms with E-state index in [2.05, 4.69) is 10.6 Å². The van der Waals surface area contributed by atoms with Crippen LogP contribution in [-0.4, -0.2) is 41.3 Å². The van der Waals surface area contributed by atoms with Crippen LogP contribution in [0.1, 0.15) is 24.8 Å². The van der Waals surface area contributed by atoms with Crippen molar-refractivity contribution in [3.8, 4) is 0 Å². The zero-order valence-electron chi connectivity index (χ0n) is 12.1. The van der Waals surface area contributed by atoms with E-state index in [9.17, 15) is 14.6 Å². The Morgan fingerprint density at radius 3 is 2.64 bits per heavy atom. The fourth-order valence-corrected chi connectivity index (χ4v) is 2.35. The summed E-state index contributed by atoms with van der Waals surface area (Å²) in [6.07, 6.45) is 0.285. The number of hydrogen-bond acceptors (Lipinski definition) is 4. The van der Waals surface area contributed by atoms with Crippen LogP contribution in [0.2, 0.25) is 0 Å². The van der Waals surface area contributed by atoms with E-state index < -0.39 is 31.2 Å². The van der Waals surface area contributed by atoms with Gasteiger partial charge in [-0.05, 0) is 18.4 Å². The van der Waals surface area contributed by atoms with Gasteiger partial charge < -0.3 is 25.4 Å². The van der Waals surface area contributed by atoms with Crippen molar-refractivity contribution in [3.05, 3.63) is 35.9 Å². The van der Waals surface area contributed by atoms with Gasteiger partial charge in [0.25, 0.3) is 0 Å². The van der Waals surface area contributed by atoms with Gasteiger partial charge in [0, 0.05) is 6.54 Å². The summed E-state index contributed by atoms with van der Waals surface area (Å²) in [6.45, 7) is 0.387. The Labute approximate surface area is 128 Å². The summed E-state index contributed by atoms with van der Waals surface area (Å²) in [7, 11) is -1.19. The molecule has 1 aromatic carbocycles. The maximum atomic E-state index is 11.8. The maximum Gasteiger partial charge on any atom is 0.478 e. The first kappa shape index (κ1) is 16.3. The highest BCUT2D eigenvalue weighted by atomic mass is 16.5. The summed E-state index contributed by atoms with van der Waals surface area (Å²) in [6, 6.07) is 9.07. The summed E-state index contributed by atoms with van der Waals surface area (Å²) >= 11 is 0. The highest BCUT2D eigenvalue weighted by molar-refractivity contribution is 6.45.